The molecule has 0 unspecified atom stereocenters. The van der Waals surface area contributed by atoms with Gasteiger partial charge in [-0.05, 0) is 17.7 Å². The number of benzene rings is 1. The van der Waals surface area contributed by atoms with Crippen molar-refractivity contribution >= 4 is 11.1 Å². The van der Waals surface area contributed by atoms with E-state index in [1.165, 1.54) is 6.39 Å². The normalized spacial score (nSPS) is 10.6. The predicted molar refractivity (Wildman–Crippen MR) is 39.3 cm³/mol. The van der Waals surface area contributed by atoms with Gasteiger partial charge in [0, 0.05) is 0 Å². The summed E-state index contributed by atoms with van der Waals surface area (Å²) in [5, 5.41) is 8.65. The molecular weight excluding hydrogens is 142 g/mol. The number of nitrogens with zero attached hydrogens (tertiary/aromatic N) is 1. The van der Waals surface area contributed by atoms with Crippen LogP contribution in [0, 0.1) is 6.61 Å². The second kappa shape index (κ2) is 2.36. The number of aliphatic hydroxyl groups is 1. The van der Waals surface area contributed by atoms with Gasteiger partial charge in [0.25, 0.3) is 0 Å². The number of rotatable bonds is 1. The van der Waals surface area contributed by atoms with Gasteiger partial charge in [-0.25, -0.2) is 4.98 Å². The Hall–Kier alpha value is -1.35. The van der Waals surface area contributed by atoms with Gasteiger partial charge in [-0.2, -0.15) is 0 Å². The van der Waals surface area contributed by atoms with E-state index in [1.54, 1.807) is 18.2 Å². The second-order valence-electron chi connectivity index (χ2n) is 2.21. The van der Waals surface area contributed by atoms with E-state index < -0.39 is 0 Å². The molecule has 1 radical (unpaired) electrons. The first-order valence-corrected chi connectivity index (χ1v) is 3.21. The first-order valence-electron chi connectivity index (χ1n) is 3.21. The molecule has 2 aromatic rings. The lowest BCUT2D eigenvalue weighted by Gasteiger charge is -1.91. The Balaban J connectivity index is 2.67. The molecule has 0 aliphatic rings. The van der Waals surface area contributed by atoms with E-state index in [9.17, 15) is 0 Å². The summed E-state index contributed by atoms with van der Waals surface area (Å²) in [6.07, 6.45) is 1.38. The summed E-state index contributed by atoms with van der Waals surface area (Å²) in [7, 11) is 0. The van der Waals surface area contributed by atoms with Crippen LogP contribution in [0.2, 0.25) is 0 Å². The van der Waals surface area contributed by atoms with Gasteiger partial charge in [0.2, 0.25) is 0 Å². The first-order chi connectivity index (χ1) is 5.40. The lowest BCUT2D eigenvalue weighted by atomic mass is 10.2. The first kappa shape index (κ1) is 6.37. The average molecular weight is 148 g/mol. The summed E-state index contributed by atoms with van der Waals surface area (Å²) in [4.78, 5) is 3.93. The molecule has 1 N–H and O–H groups in total. The minimum atomic E-state index is 0.688. The van der Waals surface area contributed by atoms with Gasteiger partial charge in [0.15, 0.2) is 12.0 Å². The summed E-state index contributed by atoms with van der Waals surface area (Å²) in [5.41, 5.74) is 2.21. The predicted octanol–water partition coefficient (Wildman–Crippen LogP) is 1.71. The SMILES string of the molecule is O[CH]c1ccc2ncoc2c1. The summed E-state index contributed by atoms with van der Waals surface area (Å²) >= 11 is 0. The minimum absolute atomic E-state index is 0.688. The fourth-order valence-electron chi connectivity index (χ4n) is 0.952. The number of fused-ring (bicyclic) bond motifs is 1. The molecule has 0 atom stereocenters. The van der Waals surface area contributed by atoms with E-state index in [1.807, 2.05) is 0 Å². The molecule has 1 heterocycles. The lowest BCUT2D eigenvalue weighted by Crippen LogP contribution is -1.77. The molecule has 1 aromatic carbocycles. The zero-order valence-corrected chi connectivity index (χ0v) is 5.69. The number of hydrogen-bond acceptors (Lipinski definition) is 3. The third-order valence-electron chi connectivity index (χ3n) is 1.50. The molecule has 11 heavy (non-hydrogen) atoms. The van der Waals surface area contributed by atoms with Crippen LogP contribution in [0.4, 0.5) is 0 Å². The topological polar surface area (TPSA) is 46.3 Å². The molecule has 2 rings (SSSR count). The van der Waals surface area contributed by atoms with Crippen molar-refractivity contribution in [1.29, 1.82) is 0 Å². The maximum atomic E-state index is 8.65. The van der Waals surface area contributed by atoms with Crippen LogP contribution in [-0.4, -0.2) is 10.1 Å². The van der Waals surface area contributed by atoms with Gasteiger partial charge >= 0.3 is 0 Å². The summed E-state index contributed by atoms with van der Waals surface area (Å²) in [5.74, 6) is 0. The fourth-order valence-corrected chi connectivity index (χ4v) is 0.952. The monoisotopic (exact) mass is 148 g/mol. The van der Waals surface area contributed by atoms with Gasteiger partial charge in [0.05, 0.1) is 0 Å². The molecule has 0 bridgehead atoms. The van der Waals surface area contributed by atoms with Crippen molar-refractivity contribution < 1.29 is 9.52 Å². The Kier molecular flexibility index (Phi) is 1.36. The van der Waals surface area contributed by atoms with Gasteiger partial charge < -0.3 is 9.52 Å². The molecule has 0 saturated carbocycles. The van der Waals surface area contributed by atoms with Gasteiger partial charge in [-0.3, -0.25) is 0 Å². The molecule has 0 amide bonds. The Bertz CT molecular complexity index is 367. The van der Waals surface area contributed by atoms with Gasteiger partial charge in [0.1, 0.15) is 12.1 Å². The van der Waals surface area contributed by atoms with Gasteiger partial charge in [-0.15, -0.1) is 0 Å². The molecular formula is C8H6NO2. The summed E-state index contributed by atoms with van der Waals surface area (Å²) < 4.78 is 5.02. The van der Waals surface area contributed by atoms with E-state index in [0.29, 0.717) is 11.1 Å². The molecule has 0 spiro atoms. The van der Waals surface area contributed by atoms with E-state index in [4.69, 9.17) is 9.52 Å². The molecule has 3 nitrogen and oxygen atoms in total. The number of hydrogen-bond donors (Lipinski definition) is 1. The zero-order chi connectivity index (χ0) is 7.68. The van der Waals surface area contributed by atoms with E-state index in [-0.39, 0.29) is 0 Å². The number of aliphatic hydroxyl groups excluding tert-OH is 1. The highest BCUT2D eigenvalue weighted by molar-refractivity contribution is 5.73. The lowest BCUT2D eigenvalue weighted by molar-refractivity contribution is 0.415. The Morgan fingerprint density at radius 2 is 2.36 bits per heavy atom. The van der Waals surface area contributed by atoms with E-state index >= 15 is 0 Å². The highest BCUT2D eigenvalue weighted by atomic mass is 16.3. The van der Waals surface area contributed by atoms with E-state index in [0.717, 1.165) is 12.1 Å². The highest BCUT2D eigenvalue weighted by Crippen LogP contribution is 2.14. The van der Waals surface area contributed by atoms with Crippen molar-refractivity contribution in [3.63, 3.8) is 0 Å². The van der Waals surface area contributed by atoms with Crippen molar-refractivity contribution in [3.8, 4) is 0 Å². The quantitative estimate of drug-likeness (QED) is 0.669. The fraction of sp³-hybridized carbons (Fsp3) is 0. The van der Waals surface area contributed by atoms with Crippen LogP contribution in [0.5, 0.6) is 0 Å². The van der Waals surface area contributed by atoms with Crippen LogP contribution in [0.1, 0.15) is 5.56 Å². The smallest absolute Gasteiger partial charge is 0.181 e. The molecule has 3 heteroatoms. The van der Waals surface area contributed by atoms with E-state index in [2.05, 4.69) is 4.98 Å². The van der Waals surface area contributed by atoms with Crippen molar-refractivity contribution in [2.75, 3.05) is 0 Å². The standard InChI is InChI=1S/C8H6NO2/c10-4-6-1-2-7-8(3-6)11-5-9-7/h1-5,10H. The van der Waals surface area contributed by atoms with Crippen LogP contribution in [0.3, 0.4) is 0 Å². The van der Waals surface area contributed by atoms with Crippen LogP contribution < -0.4 is 0 Å². The van der Waals surface area contributed by atoms with Crippen LogP contribution in [-0.2, 0) is 0 Å². The number of oxazole rings is 1. The highest BCUT2D eigenvalue weighted by Gasteiger charge is 1.98. The zero-order valence-electron chi connectivity index (χ0n) is 5.69. The largest absolute Gasteiger partial charge is 0.443 e. The Morgan fingerprint density at radius 3 is 3.18 bits per heavy atom. The van der Waals surface area contributed by atoms with Crippen LogP contribution >= 0.6 is 0 Å². The molecule has 55 valence electrons. The molecule has 0 aliphatic heterocycles. The second-order valence-corrected chi connectivity index (χ2v) is 2.21. The third-order valence-corrected chi connectivity index (χ3v) is 1.50. The number of aromatic nitrogens is 1. The van der Waals surface area contributed by atoms with Gasteiger partial charge in [-0.1, -0.05) is 6.07 Å². The average Bonchev–Trinajstić information content (AvgIpc) is 2.50. The van der Waals surface area contributed by atoms with Crippen LogP contribution in [0.15, 0.2) is 29.0 Å². The Morgan fingerprint density at radius 1 is 1.45 bits per heavy atom. The van der Waals surface area contributed by atoms with Crippen molar-refractivity contribution in [3.05, 3.63) is 36.8 Å². The Labute approximate surface area is 63.3 Å². The van der Waals surface area contributed by atoms with Crippen molar-refractivity contribution in [2.24, 2.45) is 0 Å². The molecule has 1 aromatic heterocycles. The summed E-state index contributed by atoms with van der Waals surface area (Å²) in [6.45, 7) is 1.03. The van der Waals surface area contributed by atoms with Crippen LogP contribution in [0.25, 0.3) is 11.1 Å². The third kappa shape index (κ3) is 0.991. The minimum Gasteiger partial charge on any atom is -0.443 e. The van der Waals surface area contributed by atoms with Crippen molar-refractivity contribution in [2.45, 2.75) is 0 Å². The molecule has 0 fully saturated rings. The maximum Gasteiger partial charge on any atom is 0.181 e. The molecule has 0 saturated heterocycles. The van der Waals surface area contributed by atoms with Crippen molar-refractivity contribution in [1.82, 2.24) is 4.98 Å². The molecule has 0 aliphatic carbocycles. The maximum absolute atomic E-state index is 8.65. The summed E-state index contributed by atoms with van der Waals surface area (Å²) in [6, 6.07) is 5.29.